The fraction of sp³-hybridized carbons (Fsp3) is 0.500. The Kier molecular flexibility index (Phi) is 2.76. The Balaban J connectivity index is 2.62. The summed E-state index contributed by atoms with van der Waals surface area (Å²) in [5, 5.41) is 2.82. The summed E-state index contributed by atoms with van der Waals surface area (Å²) in [4.78, 5) is 11.3. The molecule has 0 aliphatic carbocycles. The quantitative estimate of drug-likeness (QED) is 0.751. The lowest BCUT2D eigenvalue weighted by molar-refractivity contribution is -0.114. The number of hydrogen-bond acceptors (Lipinski definition) is 3. The molecule has 0 aromatic heterocycles. The molecule has 3 N–H and O–H groups in total. The van der Waals surface area contributed by atoms with E-state index in [1.165, 1.54) is 6.92 Å². The van der Waals surface area contributed by atoms with Crippen molar-refractivity contribution in [3.8, 4) is 5.75 Å². The van der Waals surface area contributed by atoms with Gasteiger partial charge in [0.05, 0.1) is 11.4 Å². The lowest BCUT2D eigenvalue weighted by Gasteiger charge is -2.18. The molecule has 1 aliphatic heterocycles. The van der Waals surface area contributed by atoms with E-state index >= 15 is 0 Å². The molecule has 0 saturated carbocycles. The van der Waals surface area contributed by atoms with Crippen LogP contribution in [0.4, 0.5) is 11.4 Å². The summed E-state index contributed by atoms with van der Waals surface area (Å²) in [5.41, 5.74) is 10.3. The number of rotatable bonds is 1. The third-order valence-corrected chi connectivity index (χ3v) is 3.40. The van der Waals surface area contributed by atoms with E-state index in [2.05, 4.69) is 19.2 Å². The van der Waals surface area contributed by atoms with E-state index < -0.39 is 0 Å². The number of benzene rings is 1. The van der Waals surface area contributed by atoms with Gasteiger partial charge in [-0.25, -0.2) is 0 Å². The van der Waals surface area contributed by atoms with Crippen molar-refractivity contribution in [1.82, 2.24) is 0 Å². The number of nitrogen functional groups attached to an aromatic ring is 1. The SMILES string of the molecule is CC(=O)Nc1c(C)c2c(c(C)c1N)OC(C)(C)C2. The van der Waals surface area contributed by atoms with Crippen LogP contribution in [-0.4, -0.2) is 11.5 Å². The average molecular weight is 248 g/mol. The minimum Gasteiger partial charge on any atom is -0.487 e. The van der Waals surface area contributed by atoms with Crippen LogP contribution < -0.4 is 15.8 Å². The van der Waals surface area contributed by atoms with Gasteiger partial charge in [-0.3, -0.25) is 4.79 Å². The number of fused-ring (bicyclic) bond motifs is 1. The molecule has 1 amide bonds. The third-order valence-electron chi connectivity index (χ3n) is 3.40. The van der Waals surface area contributed by atoms with Crippen molar-refractivity contribution in [2.75, 3.05) is 11.1 Å². The fourth-order valence-corrected chi connectivity index (χ4v) is 2.49. The second-order valence-corrected chi connectivity index (χ2v) is 5.57. The summed E-state index contributed by atoms with van der Waals surface area (Å²) in [7, 11) is 0. The normalized spacial score (nSPS) is 16.1. The predicted molar refractivity (Wildman–Crippen MR) is 73.0 cm³/mol. The Morgan fingerprint density at radius 2 is 1.94 bits per heavy atom. The molecule has 1 aromatic carbocycles. The third kappa shape index (κ3) is 1.92. The minimum absolute atomic E-state index is 0.109. The van der Waals surface area contributed by atoms with Crippen LogP contribution in [0.25, 0.3) is 0 Å². The number of nitrogens with one attached hydrogen (secondary N) is 1. The van der Waals surface area contributed by atoms with Crippen LogP contribution >= 0.6 is 0 Å². The Morgan fingerprint density at radius 1 is 1.33 bits per heavy atom. The van der Waals surface area contributed by atoms with Crippen molar-refractivity contribution in [3.05, 3.63) is 16.7 Å². The number of hydrogen-bond donors (Lipinski definition) is 2. The first-order valence-electron chi connectivity index (χ1n) is 6.11. The first-order chi connectivity index (χ1) is 8.23. The van der Waals surface area contributed by atoms with Crippen molar-refractivity contribution in [2.24, 2.45) is 0 Å². The first-order valence-corrected chi connectivity index (χ1v) is 6.11. The number of ether oxygens (including phenoxy) is 1. The van der Waals surface area contributed by atoms with Gasteiger partial charge in [0, 0.05) is 24.5 Å². The van der Waals surface area contributed by atoms with Crippen LogP contribution in [0.3, 0.4) is 0 Å². The van der Waals surface area contributed by atoms with E-state index in [4.69, 9.17) is 10.5 Å². The Hall–Kier alpha value is -1.71. The van der Waals surface area contributed by atoms with E-state index in [-0.39, 0.29) is 11.5 Å². The molecule has 1 aromatic rings. The molecule has 0 fully saturated rings. The molecule has 4 heteroatoms. The van der Waals surface area contributed by atoms with Gasteiger partial charge in [0.2, 0.25) is 5.91 Å². The molecule has 1 heterocycles. The predicted octanol–water partition coefficient (Wildman–Crippen LogP) is 2.56. The van der Waals surface area contributed by atoms with Gasteiger partial charge in [0.1, 0.15) is 11.4 Å². The summed E-state index contributed by atoms with van der Waals surface area (Å²) >= 11 is 0. The highest BCUT2D eigenvalue weighted by Crippen LogP contribution is 2.45. The molecule has 0 radical (unpaired) electrons. The molecule has 18 heavy (non-hydrogen) atoms. The van der Waals surface area contributed by atoms with Crippen molar-refractivity contribution in [2.45, 2.75) is 46.6 Å². The van der Waals surface area contributed by atoms with Crippen molar-refractivity contribution in [1.29, 1.82) is 0 Å². The summed E-state index contributed by atoms with van der Waals surface area (Å²) in [6, 6.07) is 0. The topological polar surface area (TPSA) is 64.4 Å². The van der Waals surface area contributed by atoms with Crippen LogP contribution in [0.15, 0.2) is 0 Å². The van der Waals surface area contributed by atoms with Gasteiger partial charge in [-0.1, -0.05) is 0 Å². The van der Waals surface area contributed by atoms with Crippen LogP contribution in [0.5, 0.6) is 5.75 Å². The molecule has 0 unspecified atom stereocenters. The van der Waals surface area contributed by atoms with Gasteiger partial charge >= 0.3 is 0 Å². The summed E-state index contributed by atoms with van der Waals surface area (Å²) in [6.45, 7) is 9.51. The number of amides is 1. The summed E-state index contributed by atoms with van der Waals surface area (Å²) in [5.74, 6) is 0.770. The van der Waals surface area contributed by atoms with Gasteiger partial charge in [-0.05, 0) is 33.3 Å². The molecule has 0 bridgehead atoms. The molecule has 4 nitrogen and oxygen atoms in total. The zero-order chi connectivity index (χ0) is 13.7. The zero-order valence-corrected chi connectivity index (χ0v) is 11.6. The highest BCUT2D eigenvalue weighted by atomic mass is 16.5. The lowest BCUT2D eigenvalue weighted by Crippen LogP contribution is -2.24. The Morgan fingerprint density at radius 3 is 2.50 bits per heavy atom. The van der Waals surface area contributed by atoms with Crippen LogP contribution in [-0.2, 0) is 11.2 Å². The fourth-order valence-electron chi connectivity index (χ4n) is 2.49. The van der Waals surface area contributed by atoms with Crippen molar-refractivity contribution < 1.29 is 9.53 Å². The highest BCUT2D eigenvalue weighted by Gasteiger charge is 2.34. The highest BCUT2D eigenvalue weighted by molar-refractivity contribution is 5.95. The van der Waals surface area contributed by atoms with E-state index in [1.54, 1.807) is 0 Å². The number of carbonyl (C=O) groups excluding carboxylic acids is 1. The van der Waals surface area contributed by atoms with E-state index in [0.29, 0.717) is 5.69 Å². The number of anilines is 2. The van der Waals surface area contributed by atoms with E-state index in [0.717, 1.165) is 34.5 Å². The van der Waals surface area contributed by atoms with Crippen molar-refractivity contribution in [3.63, 3.8) is 0 Å². The maximum Gasteiger partial charge on any atom is 0.221 e. The van der Waals surface area contributed by atoms with Crippen LogP contribution in [0.2, 0.25) is 0 Å². The van der Waals surface area contributed by atoms with Gasteiger partial charge < -0.3 is 15.8 Å². The lowest BCUT2D eigenvalue weighted by atomic mass is 9.94. The van der Waals surface area contributed by atoms with E-state index in [9.17, 15) is 4.79 Å². The Labute approximate surface area is 108 Å². The summed E-state index contributed by atoms with van der Waals surface area (Å²) < 4.78 is 5.95. The smallest absolute Gasteiger partial charge is 0.221 e. The summed E-state index contributed by atoms with van der Waals surface area (Å²) in [6.07, 6.45) is 0.835. The van der Waals surface area contributed by atoms with Crippen molar-refractivity contribution >= 4 is 17.3 Å². The molecule has 0 atom stereocenters. The van der Waals surface area contributed by atoms with Gasteiger partial charge in [0.25, 0.3) is 0 Å². The van der Waals surface area contributed by atoms with Gasteiger partial charge in [-0.2, -0.15) is 0 Å². The maximum atomic E-state index is 11.3. The van der Waals surface area contributed by atoms with E-state index in [1.807, 2.05) is 13.8 Å². The molecule has 98 valence electrons. The first kappa shape index (κ1) is 12.7. The van der Waals surface area contributed by atoms with Gasteiger partial charge in [0.15, 0.2) is 0 Å². The molecule has 2 rings (SSSR count). The minimum atomic E-state index is -0.209. The molecule has 0 saturated heterocycles. The number of carbonyl (C=O) groups is 1. The van der Waals surface area contributed by atoms with Crippen LogP contribution in [0, 0.1) is 13.8 Å². The standard InChI is InChI=1S/C14H20N2O2/c1-7-10-6-14(4,5)18-13(10)8(2)11(15)12(7)16-9(3)17/h6,15H2,1-5H3,(H,16,17). The zero-order valence-electron chi connectivity index (χ0n) is 11.6. The Bertz CT molecular complexity index is 533. The average Bonchev–Trinajstić information content (AvgIpc) is 2.58. The maximum absolute atomic E-state index is 11.3. The second-order valence-electron chi connectivity index (χ2n) is 5.57. The second kappa shape index (κ2) is 3.90. The molecule has 1 aliphatic rings. The molecule has 0 spiro atoms. The largest absolute Gasteiger partial charge is 0.487 e. The van der Waals surface area contributed by atoms with Gasteiger partial charge in [-0.15, -0.1) is 0 Å². The molecular formula is C14H20N2O2. The number of nitrogens with two attached hydrogens (primary N) is 1. The monoisotopic (exact) mass is 248 g/mol. The van der Waals surface area contributed by atoms with Crippen LogP contribution in [0.1, 0.15) is 37.5 Å². The molecular weight excluding hydrogens is 228 g/mol.